The van der Waals surface area contributed by atoms with Crippen LogP contribution in [0.15, 0.2) is 46.7 Å². The Labute approximate surface area is 347 Å². The summed E-state index contributed by atoms with van der Waals surface area (Å²) in [4.78, 5) is 58.1. The van der Waals surface area contributed by atoms with Gasteiger partial charge in [0.1, 0.15) is 36.0 Å². The molecule has 15 nitrogen and oxygen atoms in total. The Bertz CT molecular complexity index is 1870. The van der Waals surface area contributed by atoms with E-state index in [1.807, 2.05) is 70.1 Å². The number of para-hydroxylation sites is 1. The molecule has 2 N–H and O–H groups in total. The summed E-state index contributed by atoms with van der Waals surface area (Å²) in [6.07, 6.45) is -3.36. The number of Topliss-reactive ketones (excluding diaryl/α,β-unsaturated/α-hetero) is 1. The average molecular weight is 825 g/mol. The number of aliphatic imine (C=N–C) groups is 1. The number of esters is 1. The molecule has 0 radical (unpaired) electrons. The van der Waals surface area contributed by atoms with Crippen LogP contribution in [0.5, 0.6) is 0 Å². The summed E-state index contributed by atoms with van der Waals surface area (Å²) >= 11 is 0. The number of aliphatic hydroxyl groups excluding tert-OH is 1. The number of benzene rings is 1. The third-order valence-corrected chi connectivity index (χ3v) is 12.2. The highest BCUT2D eigenvalue weighted by Gasteiger charge is 2.53. The normalized spacial score (nSPS) is 38.1. The van der Waals surface area contributed by atoms with E-state index in [9.17, 15) is 24.6 Å². The number of aliphatic hydroxyl groups is 2. The number of carbonyl (C=O) groups is 3. The number of aromatic nitrogens is 1. The molecule has 1 amide bonds. The van der Waals surface area contributed by atoms with Crippen LogP contribution in [0.2, 0.25) is 0 Å². The molecule has 1 aromatic heterocycles. The Morgan fingerprint density at radius 2 is 1.78 bits per heavy atom. The summed E-state index contributed by atoms with van der Waals surface area (Å²) in [5, 5.41) is 29.5. The van der Waals surface area contributed by atoms with E-state index < -0.39 is 83.2 Å². The van der Waals surface area contributed by atoms with Crippen LogP contribution in [0.3, 0.4) is 0 Å². The Morgan fingerprint density at radius 3 is 2.46 bits per heavy atom. The number of carbonyl (C=O) groups excluding carboxylic acids is 3. The fourth-order valence-corrected chi connectivity index (χ4v) is 9.00. The molecular formula is C44H64N4O11. The lowest BCUT2D eigenvalue weighted by molar-refractivity contribution is -0.296. The summed E-state index contributed by atoms with van der Waals surface area (Å²) in [6, 6.07) is 9.39. The molecule has 0 saturated carbocycles. The van der Waals surface area contributed by atoms with E-state index in [4.69, 9.17) is 28.5 Å². The van der Waals surface area contributed by atoms with E-state index in [0.717, 1.165) is 16.5 Å². The van der Waals surface area contributed by atoms with Crippen molar-refractivity contribution in [3.8, 4) is 0 Å². The first-order chi connectivity index (χ1) is 27.8. The highest BCUT2D eigenvalue weighted by molar-refractivity contribution is 6.00. The number of hydrogen-bond acceptors (Lipinski definition) is 14. The van der Waals surface area contributed by atoms with Crippen molar-refractivity contribution in [2.24, 2.45) is 33.8 Å². The van der Waals surface area contributed by atoms with Gasteiger partial charge in [-0.05, 0) is 79.1 Å². The Morgan fingerprint density at radius 1 is 1.07 bits per heavy atom. The van der Waals surface area contributed by atoms with Gasteiger partial charge in [0.25, 0.3) is 0 Å². The fraction of sp³-hybridized carbons (Fsp3) is 0.682. The quantitative estimate of drug-likeness (QED) is 0.223. The maximum atomic E-state index is 14.5. The lowest BCUT2D eigenvalue weighted by Crippen LogP contribution is -2.60. The van der Waals surface area contributed by atoms with Crippen molar-refractivity contribution in [1.82, 2.24) is 9.88 Å². The van der Waals surface area contributed by atoms with Gasteiger partial charge in [0.2, 0.25) is 5.91 Å². The van der Waals surface area contributed by atoms with E-state index in [1.54, 1.807) is 27.0 Å². The number of nitrogens with zero attached hydrogens (tertiary/aromatic N) is 4. The molecule has 3 fully saturated rings. The Balaban J connectivity index is 1.66. The number of amides is 1. The monoisotopic (exact) mass is 824 g/mol. The van der Waals surface area contributed by atoms with E-state index >= 15 is 0 Å². The van der Waals surface area contributed by atoms with Crippen molar-refractivity contribution < 1.29 is 53.1 Å². The lowest BCUT2D eigenvalue weighted by atomic mass is 9.73. The zero-order chi connectivity index (χ0) is 43.4. The molecule has 3 saturated heterocycles. The molecule has 3 aliphatic heterocycles. The SMILES string of the molecule is CC[C@@H]1OC(=O)C(C)C(=O)[C@H](C)[C@@H](O[C@@H]2O[C@H](C)C[C@H](N(C)C)[C@H]2O)C2(C)C[C@@H](C)C(=NC(C)=O)[C@@H](C)[C@H](OC/C(=N/OCc3cnc4ccccc4c3)CO2)[C@]1(C)O. The van der Waals surface area contributed by atoms with Gasteiger partial charge in [-0.15, -0.1) is 0 Å². The van der Waals surface area contributed by atoms with Crippen molar-refractivity contribution >= 4 is 40.0 Å². The molecule has 3 aliphatic rings. The minimum Gasteiger partial charge on any atom is -0.459 e. The molecule has 59 heavy (non-hydrogen) atoms. The van der Waals surface area contributed by atoms with Crippen LogP contribution in [0.1, 0.15) is 87.1 Å². The number of hydrogen-bond donors (Lipinski definition) is 2. The van der Waals surface area contributed by atoms with E-state index in [-0.39, 0.29) is 44.8 Å². The summed E-state index contributed by atoms with van der Waals surface area (Å²) in [5.74, 6) is -5.29. The number of rotatable bonds is 7. The first kappa shape index (κ1) is 46.4. The summed E-state index contributed by atoms with van der Waals surface area (Å²) in [6.45, 7) is 14.9. The molecule has 4 heterocycles. The van der Waals surface area contributed by atoms with Gasteiger partial charge in [-0.25, -0.2) is 4.99 Å². The zero-order valence-electron chi connectivity index (χ0n) is 36.4. The molecule has 0 aliphatic carbocycles. The van der Waals surface area contributed by atoms with Gasteiger partial charge in [-0.3, -0.25) is 19.4 Å². The number of likely N-dealkylation sites (N-methyl/N-ethyl adjacent to an activating group) is 1. The minimum atomic E-state index is -1.85. The van der Waals surface area contributed by atoms with Crippen molar-refractivity contribution in [3.05, 3.63) is 42.1 Å². The van der Waals surface area contributed by atoms with Crippen LogP contribution >= 0.6 is 0 Å². The molecule has 2 bridgehead atoms. The van der Waals surface area contributed by atoms with Gasteiger partial charge in [-0.1, -0.05) is 51.0 Å². The van der Waals surface area contributed by atoms with E-state index in [2.05, 4.69) is 15.1 Å². The second-order valence-corrected chi connectivity index (χ2v) is 17.4. The highest BCUT2D eigenvalue weighted by atomic mass is 16.7. The van der Waals surface area contributed by atoms with Gasteiger partial charge in [0, 0.05) is 47.7 Å². The van der Waals surface area contributed by atoms with Gasteiger partial charge >= 0.3 is 5.97 Å². The number of ketones is 1. The second kappa shape index (κ2) is 19.3. The first-order valence-electron chi connectivity index (χ1n) is 20.7. The minimum absolute atomic E-state index is 0.0771. The van der Waals surface area contributed by atoms with Crippen LogP contribution in [-0.4, -0.2) is 131 Å². The molecule has 2 unspecified atom stereocenters. The van der Waals surface area contributed by atoms with Crippen LogP contribution < -0.4 is 0 Å². The van der Waals surface area contributed by atoms with Crippen LogP contribution in [0.4, 0.5) is 0 Å². The number of ether oxygens (including phenoxy) is 5. The maximum absolute atomic E-state index is 14.5. The zero-order valence-corrected chi connectivity index (χ0v) is 36.4. The number of cyclic esters (lactones) is 1. The largest absolute Gasteiger partial charge is 0.459 e. The van der Waals surface area contributed by atoms with E-state index in [0.29, 0.717) is 17.8 Å². The number of oxime groups is 1. The van der Waals surface area contributed by atoms with E-state index in [1.165, 1.54) is 20.8 Å². The standard InChI is InChI=1S/C44H64N4O11/c1-12-35-44(9,53)40-26(4)36(46-29(7)49)24(2)19-43(8,55-23-32(22-54-40)47-56-21-30-18-31-15-13-14-16-33(31)45-20-30)39(27(5)37(50)28(6)41(52)58-35)59-42-38(51)34(48(10)11)17-25(3)57-42/h13-16,18,20,24-28,34-35,38-40,42,51,53H,12,17,19,21-23H2,1-11H3/b46-36?,47-32-/t24-,25-,26-,27+,28?,34+,35+,38-,39-,40+,42+,43?,44-/m1/s1. The molecule has 0 spiro atoms. The van der Waals surface area contributed by atoms with Crippen molar-refractivity contribution in [3.63, 3.8) is 0 Å². The molecule has 15 heteroatoms. The second-order valence-electron chi connectivity index (χ2n) is 17.4. The van der Waals surface area contributed by atoms with Crippen LogP contribution in [-0.2, 0) is 49.5 Å². The van der Waals surface area contributed by atoms with Gasteiger partial charge < -0.3 is 43.6 Å². The third-order valence-electron chi connectivity index (χ3n) is 12.2. The van der Waals surface area contributed by atoms with Crippen LogP contribution in [0.25, 0.3) is 10.9 Å². The third kappa shape index (κ3) is 10.6. The Kier molecular flexibility index (Phi) is 15.2. The van der Waals surface area contributed by atoms with Gasteiger partial charge in [-0.2, -0.15) is 0 Å². The summed E-state index contributed by atoms with van der Waals surface area (Å²) < 4.78 is 32.5. The van der Waals surface area contributed by atoms with Crippen molar-refractivity contribution in [2.45, 2.75) is 142 Å². The number of pyridine rings is 1. The average Bonchev–Trinajstić information content (AvgIpc) is 3.20. The summed E-state index contributed by atoms with van der Waals surface area (Å²) in [7, 11) is 3.74. The number of fused-ring (bicyclic) bond motifs is 6. The molecule has 2 aromatic rings. The van der Waals surface area contributed by atoms with Gasteiger partial charge in [0.05, 0.1) is 42.6 Å². The van der Waals surface area contributed by atoms with Gasteiger partial charge in [0.15, 0.2) is 12.1 Å². The lowest BCUT2D eigenvalue weighted by Gasteiger charge is -2.47. The predicted octanol–water partition coefficient (Wildman–Crippen LogP) is 4.67. The fourth-order valence-electron chi connectivity index (χ4n) is 9.00. The predicted molar refractivity (Wildman–Crippen MR) is 221 cm³/mol. The van der Waals surface area contributed by atoms with Crippen molar-refractivity contribution in [1.29, 1.82) is 0 Å². The molecule has 5 rings (SSSR count). The highest BCUT2D eigenvalue weighted by Crippen LogP contribution is 2.40. The summed E-state index contributed by atoms with van der Waals surface area (Å²) in [5.41, 5.74) is -0.898. The first-order valence-corrected chi connectivity index (χ1v) is 20.7. The molecule has 13 atom stereocenters. The maximum Gasteiger partial charge on any atom is 0.316 e. The topological polar surface area (TPSA) is 188 Å². The molecular weight excluding hydrogens is 761 g/mol. The molecule has 1 aromatic carbocycles. The van der Waals surface area contributed by atoms with Crippen LogP contribution in [0, 0.1) is 23.7 Å². The smallest absolute Gasteiger partial charge is 0.316 e. The molecule has 326 valence electrons. The Hall–Kier alpha value is -3.70. The van der Waals surface area contributed by atoms with Crippen molar-refractivity contribution in [2.75, 3.05) is 27.3 Å².